The Hall–Kier alpha value is -0.930. The van der Waals surface area contributed by atoms with Gasteiger partial charge in [-0.15, -0.1) is 0 Å². The molecular formula is C15H23FN2. The lowest BCUT2D eigenvalue weighted by Crippen LogP contribution is -2.30. The summed E-state index contributed by atoms with van der Waals surface area (Å²) in [5.41, 5.74) is 1.17. The fourth-order valence-corrected chi connectivity index (χ4v) is 2.51. The van der Waals surface area contributed by atoms with E-state index in [1.54, 1.807) is 0 Å². The zero-order valence-corrected chi connectivity index (χ0v) is 11.3. The summed E-state index contributed by atoms with van der Waals surface area (Å²) in [7, 11) is 1.97. The summed E-state index contributed by atoms with van der Waals surface area (Å²) in [4.78, 5) is 2.55. The van der Waals surface area contributed by atoms with Gasteiger partial charge >= 0.3 is 0 Å². The summed E-state index contributed by atoms with van der Waals surface area (Å²) in [6.07, 6.45) is 3.79. The van der Waals surface area contributed by atoms with Crippen LogP contribution in [0.15, 0.2) is 24.3 Å². The molecule has 0 saturated heterocycles. The van der Waals surface area contributed by atoms with Crippen molar-refractivity contribution in [2.75, 3.05) is 20.1 Å². The average Bonchev–Trinajstić information content (AvgIpc) is 3.21. The molecule has 0 bridgehead atoms. The first-order valence-electron chi connectivity index (χ1n) is 6.91. The van der Waals surface area contributed by atoms with E-state index in [0.29, 0.717) is 6.04 Å². The van der Waals surface area contributed by atoms with Crippen molar-refractivity contribution in [3.05, 3.63) is 35.6 Å². The van der Waals surface area contributed by atoms with Gasteiger partial charge in [-0.3, -0.25) is 0 Å². The molecule has 0 spiro atoms. The van der Waals surface area contributed by atoms with Crippen LogP contribution in [0.4, 0.5) is 4.39 Å². The van der Waals surface area contributed by atoms with Gasteiger partial charge in [0, 0.05) is 18.6 Å². The van der Waals surface area contributed by atoms with Crippen LogP contribution in [0.3, 0.4) is 0 Å². The molecule has 100 valence electrons. The maximum Gasteiger partial charge on any atom is 0.123 e. The lowest BCUT2D eigenvalue weighted by molar-refractivity contribution is 0.261. The smallest absolute Gasteiger partial charge is 0.123 e. The minimum absolute atomic E-state index is 0.165. The Bertz CT molecular complexity index is 359. The number of hydrogen-bond acceptors (Lipinski definition) is 2. The third-order valence-electron chi connectivity index (χ3n) is 3.80. The molecule has 2 rings (SSSR count). The number of hydrogen-bond donors (Lipinski definition) is 1. The van der Waals surface area contributed by atoms with Gasteiger partial charge in [0.25, 0.3) is 0 Å². The molecule has 18 heavy (non-hydrogen) atoms. The molecule has 1 atom stereocenters. The summed E-state index contributed by atoms with van der Waals surface area (Å²) in [5.74, 6) is -0.165. The average molecular weight is 250 g/mol. The third kappa shape index (κ3) is 3.53. The molecule has 0 amide bonds. The van der Waals surface area contributed by atoms with E-state index in [0.717, 1.165) is 25.6 Å². The second-order valence-electron chi connectivity index (χ2n) is 5.04. The monoisotopic (exact) mass is 250 g/mol. The van der Waals surface area contributed by atoms with E-state index < -0.39 is 0 Å². The predicted molar refractivity (Wildman–Crippen MR) is 73.1 cm³/mol. The van der Waals surface area contributed by atoms with Crippen molar-refractivity contribution >= 4 is 0 Å². The molecule has 0 radical (unpaired) electrons. The normalized spacial score (nSPS) is 17.1. The lowest BCUT2D eigenvalue weighted by Gasteiger charge is -2.23. The predicted octanol–water partition coefficient (Wildman–Crippen LogP) is 2.96. The summed E-state index contributed by atoms with van der Waals surface area (Å²) in [6, 6.07) is 7.98. The highest BCUT2D eigenvalue weighted by molar-refractivity contribution is 5.19. The zero-order chi connectivity index (χ0) is 13.0. The first kappa shape index (κ1) is 13.5. The maximum absolute atomic E-state index is 12.9. The SMILES string of the molecule is CCN(CCC(NC)c1ccc(F)cc1)C1CC1. The van der Waals surface area contributed by atoms with Crippen LogP contribution in [-0.4, -0.2) is 31.1 Å². The molecule has 2 nitrogen and oxygen atoms in total. The van der Waals surface area contributed by atoms with Crippen molar-refractivity contribution in [1.82, 2.24) is 10.2 Å². The van der Waals surface area contributed by atoms with Crippen molar-refractivity contribution in [2.45, 2.75) is 38.3 Å². The lowest BCUT2D eigenvalue weighted by atomic mass is 10.0. The number of halogens is 1. The van der Waals surface area contributed by atoms with Crippen molar-refractivity contribution < 1.29 is 4.39 Å². The topological polar surface area (TPSA) is 15.3 Å². The largest absolute Gasteiger partial charge is 0.313 e. The summed E-state index contributed by atoms with van der Waals surface area (Å²) < 4.78 is 12.9. The Morgan fingerprint density at radius 3 is 2.50 bits per heavy atom. The van der Waals surface area contributed by atoms with Crippen LogP contribution in [0.25, 0.3) is 0 Å². The van der Waals surface area contributed by atoms with Crippen molar-refractivity contribution in [3.8, 4) is 0 Å². The molecule has 1 aliphatic carbocycles. The number of benzene rings is 1. The van der Waals surface area contributed by atoms with E-state index in [4.69, 9.17) is 0 Å². The highest BCUT2D eigenvalue weighted by atomic mass is 19.1. The van der Waals surface area contributed by atoms with Gasteiger partial charge in [0.2, 0.25) is 0 Å². The molecule has 1 unspecified atom stereocenters. The second-order valence-corrected chi connectivity index (χ2v) is 5.04. The van der Waals surface area contributed by atoms with Gasteiger partial charge in [-0.2, -0.15) is 0 Å². The Morgan fingerprint density at radius 2 is 2.00 bits per heavy atom. The first-order valence-corrected chi connectivity index (χ1v) is 6.91. The van der Waals surface area contributed by atoms with Gasteiger partial charge in [0.1, 0.15) is 5.82 Å². The fraction of sp³-hybridized carbons (Fsp3) is 0.600. The minimum Gasteiger partial charge on any atom is -0.313 e. The summed E-state index contributed by atoms with van der Waals surface area (Å²) in [5, 5.41) is 3.33. The van der Waals surface area contributed by atoms with Crippen molar-refractivity contribution in [2.24, 2.45) is 0 Å². The molecule has 1 aromatic carbocycles. The van der Waals surface area contributed by atoms with Gasteiger partial charge in [-0.1, -0.05) is 19.1 Å². The van der Waals surface area contributed by atoms with E-state index in [2.05, 4.69) is 17.1 Å². The van der Waals surface area contributed by atoms with Crippen LogP contribution in [0, 0.1) is 5.82 Å². The highest BCUT2D eigenvalue weighted by Crippen LogP contribution is 2.27. The zero-order valence-electron chi connectivity index (χ0n) is 11.3. The van der Waals surface area contributed by atoms with E-state index in [1.807, 2.05) is 19.2 Å². The summed E-state index contributed by atoms with van der Waals surface area (Å²) in [6.45, 7) is 4.47. The van der Waals surface area contributed by atoms with E-state index in [9.17, 15) is 4.39 Å². The second kappa shape index (κ2) is 6.30. The number of rotatable bonds is 7. The van der Waals surface area contributed by atoms with Gasteiger partial charge in [0.15, 0.2) is 0 Å². The van der Waals surface area contributed by atoms with Gasteiger partial charge in [-0.25, -0.2) is 4.39 Å². The molecule has 0 aliphatic heterocycles. The third-order valence-corrected chi connectivity index (χ3v) is 3.80. The summed E-state index contributed by atoms with van der Waals surface area (Å²) >= 11 is 0. The standard InChI is InChI=1S/C15H23FN2/c1-3-18(14-8-9-14)11-10-15(17-2)12-4-6-13(16)7-5-12/h4-7,14-15,17H,3,8-11H2,1-2H3. The van der Waals surface area contributed by atoms with Gasteiger partial charge in [-0.05, 0) is 50.6 Å². The van der Waals surface area contributed by atoms with Crippen LogP contribution < -0.4 is 5.32 Å². The Kier molecular flexibility index (Phi) is 4.72. The van der Waals surface area contributed by atoms with Gasteiger partial charge < -0.3 is 10.2 Å². The number of nitrogens with one attached hydrogen (secondary N) is 1. The molecule has 1 N–H and O–H groups in total. The maximum atomic E-state index is 12.9. The minimum atomic E-state index is -0.165. The van der Waals surface area contributed by atoms with Crippen LogP contribution in [0.5, 0.6) is 0 Å². The van der Waals surface area contributed by atoms with Crippen LogP contribution in [0.2, 0.25) is 0 Å². The highest BCUT2D eigenvalue weighted by Gasteiger charge is 2.27. The molecule has 0 aromatic heterocycles. The molecule has 3 heteroatoms. The molecule has 1 fully saturated rings. The molecule has 1 saturated carbocycles. The number of nitrogens with zero attached hydrogens (tertiary/aromatic N) is 1. The van der Waals surface area contributed by atoms with Crippen molar-refractivity contribution in [3.63, 3.8) is 0 Å². The molecule has 1 aromatic rings. The van der Waals surface area contributed by atoms with Crippen LogP contribution in [-0.2, 0) is 0 Å². The van der Waals surface area contributed by atoms with Gasteiger partial charge in [0.05, 0.1) is 0 Å². The Morgan fingerprint density at radius 1 is 1.33 bits per heavy atom. The Balaban J connectivity index is 1.90. The quantitative estimate of drug-likeness (QED) is 0.800. The van der Waals surface area contributed by atoms with Crippen molar-refractivity contribution in [1.29, 1.82) is 0 Å². The van der Waals surface area contributed by atoms with E-state index in [1.165, 1.54) is 30.5 Å². The molecule has 0 heterocycles. The Labute approximate surface area is 109 Å². The van der Waals surface area contributed by atoms with Crippen LogP contribution in [0.1, 0.15) is 37.8 Å². The first-order chi connectivity index (χ1) is 8.74. The van der Waals surface area contributed by atoms with E-state index in [-0.39, 0.29) is 5.82 Å². The molecular weight excluding hydrogens is 227 g/mol. The van der Waals surface area contributed by atoms with Crippen LogP contribution >= 0.6 is 0 Å². The molecule has 1 aliphatic rings. The van der Waals surface area contributed by atoms with E-state index >= 15 is 0 Å². The fourth-order valence-electron chi connectivity index (χ4n) is 2.51.